The van der Waals surface area contributed by atoms with Crippen LogP contribution in [0.1, 0.15) is 10.8 Å². The molecule has 0 N–H and O–H groups in total. The van der Waals surface area contributed by atoms with Crippen LogP contribution in [0.3, 0.4) is 0 Å². The first-order valence-electron chi connectivity index (χ1n) is 7.20. The van der Waals surface area contributed by atoms with E-state index < -0.39 is 4.92 Å². The van der Waals surface area contributed by atoms with Crippen LogP contribution in [-0.4, -0.2) is 9.91 Å². The largest absolute Gasteiger partial charge is 0.465 e. The van der Waals surface area contributed by atoms with Gasteiger partial charge in [-0.3, -0.25) is 10.1 Å². The summed E-state index contributed by atoms with van der Waals surface area (Å²) in [5.41, 5.74) is 1.89. The van der Waals surface area contributed by atoms with Crippen LogP contribution in [0.5, 0.6) is 0 Å². The molecule has 25 heavy (non-hydrogen) atoms. The van der Waals surface area contributed by atoms with E-state index in [0.717, 1.165) is 5.56 Å². The molecule has 2 aromatic heterocycles. The first-order chi connectivity index (χ1) is 12.2. The van der Waals surface area contributed by atoms with E-state index in [-0.39, 0.29) is 5.69 Å². The lowest BCUT2D eigenvalue weighted by atomic mass is 10.1. The van der Waals surface area contributed by atoms with Gasteiger partial charge in [-0.25, -0.2) is 4.98 Å². The van der Waals surface area contributed by atoms with Gasteiger partial charge in [-0.15, -0.1) is 11.3 Å². The number of furan rings is 1. The summed E-state index contributed by atoms with van der Waals surface area (Å²) < 4.78 is 5.18. The van der Waals surface area contributed by atoms with E-state index in [9.17, 15) is 15.4 Å². The van der Waals surface area contributed by atoms with Crippen LogP contribution in [0.25, 0.3) is 22.9 Å². The molecule has 0 unspecified atom stereocenters. The molecule has 1 aromatic carbocycles. The number of rotatable bonds is 5. The van der Waals surface area contributed by atoms with Crippen molar-refractivity contribution < 1.29 is 9.34 Å². The van der Waals surface area contributed by atoms with Crippen LogP contribution >= 0.6 is 11.3 Å². The minimum atomic E-state index is -0.446. The number of hydrogen-bond acceptors (Lipinski definition) is 6. The van der Waals surface area contributed by atoms with Crippen molar-refractivity contribution in [1.82, 2.24) is 4.98 Å². The number of nitro benzene ring substituents is 1. The zero-order chi connectivity index (χ0) is 17.6. The Balaban J connectivity index is 1.81. The molecule has 3 aromatic rings. The van der Waals surface area contributed by atoms with Gasteiger partial charge in [0.1, 0.15) is 16.8 Å². The molecule has 122 valence electrons. The number of thiazole rings is 1. The van der Waals surface area contributed by atoms with Gasteiger partial charge in [0.05, 0.1) is 22.5 Å². The molecule has 7 heteroatoms. The van der Waals surface area contributed by atoms with E-state index in [2.05, 4.69) is 11.1 Å². The Morgan fingerprint density at radius 1 is 1.32 bits per heavy atom. The van der Waals surface area contributed by atoms with Crippen molar-refractivity contribution in [2.45, 2.75) is 0 Å². The third-order valence-corrected chi connectivity index (χ3v) is 4.17. The fourth-order valence-corrected chi connectivity index (χ4v) is 2.87. The van der Waals surface area contributed by atoms with E-state index in [1.165, 1.54) is 23.5 Å². The Hall–Kier alpha value is -3.50. The summed E-state index contributed by atoms with van der Waals surface area (Å²) in [6.45, 7) is 0. The second-order valence-corrected chi connectivity index (χ2v) is 5.77. The fraction of sp³-hybridized carbons (Fsp3) is 0. The van der Waals surface area contributed by atoms with Gasteiger partial charge in [0.15, 0.2) is 0 Å². The molecule has 0 radical (unpaired) electrons. The van der Waals surface area contributed by atoms with Crippen molar-refractivity contribution in [2.24, 2.45) is 0 Å². The molecule has 0 atom stereocenters. The Bertz CT molecular complexity index is 978. The smallest absolute Gasteiger partial charge is 0.269 e. The van der Waals surface area contributed by atoms with E-state index in [0.29, 0.717) is 22.0 Å². The number of hydrogen-bond donors (Lipinski definition) is 0. The lowest BCUT2D eigenvalue weighted by molar-refractivity contribution is -0.384. The molecule has 0 aliphatic carbocycles. The number of nitro groups is 1. The number of non-ortho nitro benzene ring substituents is 1. The Morgan fingerprint density at radius 2 is 2.12 bits per heavy atom. The van der Waals surface area contributed by atoms with Crippen LogP contribution in [0.2, 0.25) is 0 Å². The lowest BCUT2D eigenvalue weighted by Gasteiger charge is -1.96. The molecular formula is C18H11N3O3S. The fourth-order valence-electron chi connectivity index (χ4n) is 2.07. The normalized spacial score (nSPS) is 11.6. The van der Waals surface area contributed by atoms with Crippen LogP contribution in [-0.2, 0) is 0 Å². The Kier molecular flexibility index (Phi) is 4.83. The molecule has 6 nitrogen and oxygen atoms in total. The SMILES string of the molecule is N#CC(=CC=Cc1ccco1)c1nc(-c2ccc([N+](=O)[O-])cc2)cs1. The summed E-state index contributed by atoms with van der Waals surface area (Å²) in [6, 6.07) is 11.9. The minimum Gasteiger partial charge on any atom is -0.465 e. The van der Waals surface area contributed by atoms with Gasteiger partial charge in [-0.2, -0.15) is 5.26 Å². The molecular weight excluding hydrogens is 338 g/mol. The maximum Gasteiger partial charge on any atom is 0.269 e. The molecule has 0 spiro atoms. The van der Waals surface area contributed by atoms with Crippen LogP contribution in [0.4, 0.5) is 5.69 Å². The van der Waals surface area contributed by atoms with Crippen molar-refractivity contribution in [2.75, 3.05) is 0 Å². The van der Waals surface area contributed by atoms with Gasteiger partial charge >= 0.3 is 0 Å². The monoisotopic (exact) mass is 349 g/mol. The van der Waals surface area contributed by atoms with Crippen LogP contribution in [0, 0.1) is 21.4 Å². The molecule has 0 aliphatic heterocycles. The van der Waals surface area contributed by atoms with E-state index in [1.807, 2.05) is 11.4 Å². The average molecular weight is 349 g/mol. The predicted octanol–water partition coefficient (Wildman–Crippen LogP) is 4.93. The highest BCUT2D eigenvalue weighted by Crippen LogP contribution is 2.27. The van der Waals surface area contributed by atoms with Gasteiger partial charge < -0.3 is 4.42 Å². The molecule has 0 bridgehead atoms. The third-order valence-electron chi connectivity index (χ3n) is 3.30. The first-order valence-corrected chi connectivity index (χ1v) is 8.08. The Morgan fingerprint density at radius 3 is 2.76 bits per heavy atom. The zero-order valence-electron chi connectivity index (χ0n) is 12.8. The second kappa shape index (κ2) is 7.38. The molecule has 2 heterocycles. The maximum atomic E-state index is 10.7. The minimum absolute atomic E-state index is 0.0277. The quantitative estimate of drug-likeness (QED) is 0.282. The summed E-state index contributed by atoms with van der Waals surface area (Å²) in [6.07, 6.45) is 6.72. The average Bonchev–Trinajstić information content (AvgIpc) is 3.31. The van der Waals surface area contributed by atoms with E-state index >= 15 is 0 Å². The summed E-state index contributed by atoms with van der Waals surface area (Å²) in [5, 5.41) is 22.4. The summed E-state index contributed by atoms with van der Waals surface area (Å²) in [4.78, 5) is 14.7. The van der Waals surface area contributed by atoms with Crippen LogP contribution < -0.4 is 0 Å². The molecule has 0 saturated carbocycles. The molecule has 3 rings (SSSR count). The highest BCUT2D eigenvalue weighted by Gasteiger charge is 2.10. The van der Waals surface area contributed by atoms with E-state index in [4.69, 9.17) is 4.42 Å². The third kappa shape index (κ3) is 3.88. The van der Waals surface area contributed by atoms with Crippen molar-refractivity contribution in [3.05, 3.63) is 81.1 Å². The molecule has 0 amide bonds. The van der Waals surface area contributed by atoms with Crippen LogP contribution in [0.15, 0.2) is 64.6 Å². The molecule has 0 saturated heterocycles. The number of nitrogens with zero attached hydrogens (tertiary/aromatic N) is 3. The van der Waals surface area contributed by atoms with Crippen molar-refractivity contribution in [3.63, 3.8) is 0 Å². The van der Waals surface area contributed by atoms with Crippen molar-refractivity contribution in [3.8, 4) is 17.3 Å². The highest BCUT2D eigenvalue weighted by atomic mass is 32.1. The predicted molar refractivity (Wildman–Crippen MR) is 95.5 cm³/mol. The maximum absolute atomic E-state index is 10.7. The highest BCUT2D eigenvalue weighted by molar-refractivity contribution is 7.11. The second-order valence-electron chi connectivity index (χ2n) is 4.91. The number of allylic oxidation sites excluding steroid dienone is 3. The summed E-state index contributed by atoms with van der Waals surface area (Å²) in [5.74, 6) is 0.694. The number of nitriles is 1. The summed E-state index contributed by atoms with van der Waals surface area (Å²) >= 11 is 1.34. The topological polar surface area (TPSA) is 93.0 Å². The molecule has 0 fully saturated rings. The number of aromatic nitrogens is 1. The van der Waals surface area contributed by atoms with Crippen molar-refractivity contribution >= 4 is 28.7 Å². The summed E-state index contributed by atoms with van der Waals surface area (Å²) in [7, 11) is 0. The van der Waals surface area contributed by atoms with Gasteiger partial charge in [0.25, 0.3) is 5.69 Å². The Labute approximate surface area is 147 Å². The van der Waals surface area contributed by atoms with Crippen molar-refractivity contribution in [1.29, 1.82) is 5.26 Å². The van der Waals surface area contributed by atoms with Gasteiger partial charge in [-0.05, 0) is 36.4 Å². The van der Waals surface area contributed by atoms with Gasteiger partial charge in [0, 0.05) is 23.1 Å². The lowest BCUT2D eigenvalue weighted by Crippen LogP contribution is -1.87. The molecule has 0 aliphatic rings. The zero-order valence-corrected chi connectivity index (χ0v) is 13.6. The van der Waals surface area contributed by atoms with Gasteiger partial charge in [-0.1, -0.05) is 6.08 Å². The first kappa shape index (κ1) is 16.4. The number of benzene rings is 1. The van der Waals surface area contributed by atoms with E-state index in [1.54, 1.807) is 42.7 Å². The van der Waals surface area contributed by atoms with Gasteiger partial charge in [0.2, 0.25) is 0 Å². The standard InChI is InChI=1S/C18H11N3O3S/c19-11-14(3-1-4-16-5-2-10-24-16)18-20-17(12-25-18)13-6-8-15(9-7-13)21(22)23/h1-10,12H.